The number of methoxy groups -OCH3 is 2. The molecule has 0 unspecified atom stereocenters. The van der Waals surface area contributed by atoms with E-state index in [2.05, 4.69) is 11.4 Å². The summed E-state index contributed by atoms with van der Waals surface area (Å²) in [6.07, 6.45) is 1.81. The van der Waals surface area contributed by atoms with Crippen LogP contribution in [0.1, 0.15) is 24.3 Å². The molecule has 1 heterocycles. The van der Waals surface area contributed by atoms with Gasteiger partial charge in [0, 0.05) is 0 Å². The maximum absolute atomic E-state index is 11.6. The number of rotatable bonds is 3. The van der Waals surface area contributed by atoms with E-state index in [4.69, 9.17) is 9.47 Å². The van der Waals surface area contributed by atoms with Crippen LogP contribution in [0.3, 0.4) is 0 Å². The lowest BCUT2D eigenvalue weighted by molar-refractivity contribution is -0.143. The van der Waals surface area contributed by atoms with Crippen LogP contribution in [0.4, 0.5) is 0 Å². The number of hydrogen-bond acceptors (Lipinski definition) is 4. The molecule has 1 aliphatic rings. The number of hydrogen-bond donors (Lipinski definition) is 1. The van der Waals surface area contributed by atoms with Crippen molar-refractivity contribution in [2.24, 2.45) is 0 Å². The van der Waals surface area contributed by atoms with E-state index in [1.807, 2.05) is 18.2 Å². The average Bonchev–Trinajstić information content (AvgIpc) is 2.46. The first-order valence-corrected chi connectivity index (χ1v) is 6.19. The van der Waals surface area contributed by atoms with Gasteiger partial charge in [0.25, 0.3) is 0 Å². The number of ether oxygens (including phenoxy) is 2. The molecule has 4 heteroatoms. The van der Waals surface area contributed by atoms with Crippen molar-refractivity contribution in [3.8, 4) is 5.75 Å². The molecule has 18 heavy (non-hydrogen) atoms. The lowest BCUT2D eigenvalue weighted by Crippen LogP contribution is -2.43. The van der Waals surface area contributed by atoms with Crippen molar-refractivity contribution in [1.82, 2.24) is 5.32 Å². The van der Waals surface area contributed by atoms with Gasteiger partial charge >= 0.3 is 5.97 Å². The third-order valence-electron chi connectivity index (χ3n) is 3.45. The Kier molecular flexibility index (Phi) is 4.20. The van der Waals surface area contributed by atoms with E-state index in [1.165, 1.54) is 12.7 Å². The van der Waals surface area contributed by atoms with Crippen molar-refractivity contribution in [3.63, 3.8) is 0 Å². The predicted octanol–water partition coefficient (Wildman–Crippen LogP) is 1.70. The lowest BCUT2D eigenvalue weighted by atomic mass is 9.86. The fourth-order valence-electron chi connectivity index (χ4n) is 2.44. The second-order valence-corrected chi connectivity index (χ2v) is 4.53. The molecule has 0 bridgehead atoms. The van der Waals surface area contributed by atoms with Crippen LogP contribution >= 0.6 is 0 Å². The van der Waals surface area contributed by atoms with Gasteiger partial charge < -0.3 is 14.8 Å². The second kappa shape index (κ2) is 5.87. The molecule has 1 aromatic rings. The molecular weight excluding hydrogens is 230 g/mol. The molecule has 1 aromatic carbocycles. The van der Waals surface area contributed by atoms with Gasteiger partial charge in [-0.1, -0.05) is 12.1 Å². The summed E-state index contributed by atoms with van der Waals surface area (Å²) in [6.45, 7) is 0.835. The number of nitrogens with one attached hydrogen (secondary N) is 1. The highest BCUT2D eigenvalue weighted by molar-refractivity contribution is 5.75. The smallest absolute Gasteiger partial charge is 0.322 e. The summed E-state index contributed by atoms with van der Waals surface area (Å²) in [4.78, 5) is 11.6. The van der Waals surface area contributed by atoms with E-state index in [0.29, 0.717) is 5.92 Å². The van der Waals surface area contributed by atoms with Crippen LogP contribution in [0.15, 0.2) is 24.3 Å². The molecule has 0 saturated carbocycles. The van der Waals surface area contributed by atoms with E-state index < -0.39 is 0 Å². The van der Waals surface area contributed by atoms with Gasteiger partial charge in [-0.25, -0.2) is 0 Å². The van der Waals surface area contributed by atoms with E-state index in [0.717, 1.165) is 25.1 Å². The van der Waals surface area contributed by atoms with Crippen LogP contribution in [0.2, 0.25) is 0 Å². The van der Waals surface area contributed by atoms with Crippen LogP contribution in [-0.4, -0.2) is 32.8 Å². The topological polar surface area (TPSA) is 47.6 Å². The summed E-state index contributed by atoms with van der Waals surface area (Å²) >= 11 is 0. The largest absolute Gasteiger partial charge is 0.497 e. The number of carbonyl (C=O) groups is 1. The van der Waals surface area contributed by atoms with Gasteiger partial charge in [-0.15, -0.1) is 0 Å². The summed E-state index contributed by atoms with van der Waals surface area (Å²) in [7, 11) is 3.10. The molecule has 0 amide bonds. The Hall–Kier alpha value is -1.55. The van der Waals surface area contributed by atoms with Crippen molar-refractivity contribution in [2.45, 2.75) is 24.8 Å². The maximum Gasteiger partial charge on any atom is 0.322 e. The Morgan fingerprint density at radius 3 is 2.94 bits per heavy atom. The Morgan fingerprint density at radius 2 is 2.22 bits per heavy atom. The van der Waals surface area contributed by atoms with Gasteiger partial charge in [-0.05, 0) is 43.0 Å². The molecule has 98 valence electrons. The van der Waals surface area contributed by atoms with Gasteiger partial charge in [0.15, 0.2) is 0 Å². The fourth-order valence-corrected chi connectivity index (χ4v) is 2.44. The van der Waals surface area contributed by atoms with Gasteiger partial charge in [-0.2, -0.15) is 0 Å². The zero-order valence-corrected chi connectivity index (χ0v) is 10.8. The van der Waals surface area contributed by atoms with Gasteiger partial charge in [0.05, 0.1) is 14.2 Å². The van der Waals surface area contributed by atoms with Crippen LogP contribution in [0, 0.1) is 0 Å². The molecule has 0 radical (unpaired) electrons. The molecule has 1 aliphatic heterocycles. The zero-order chi connectivity index (χ0) is 13.0. The summed E-state index contributed by atoms with van der Waals surface area (Å²) in [5, 5.41) is 3.19. The van der Waals surface area contributed by atoms with Crippen LogP contribution < -0.4 is 10.1 Å². The SMILES string of the molecule is COC(=O)[C@H]1C[C@@H](c2cccc(OC)c2)CCN1. The van der Waals surface area contributed by atoms with E-state index >= 15 is 0 Å². The lowest BCUT2D eigenvalue weighted by Gasteiger charge is -2.29. The molecule has 1 fully saturated rings. The number of piperidine rings is 1. The Bertz CT molecular complexity index is 419. The zero-order valence-electron chi connectivity index (χ0n) is 10.8. The molecule has 0 aliphatic carbocycles. The maximum atomic E-state index is 11.6. The third kappa shape index (κ3) is 2.82. The standard InChI is InChI=1S/C14H19NO3/c1-17-12-5-3-4-10(8-12)11-6-7-15-13(9-11)14(16)18-2/h3-5,8,11,13,15H,6-7,9H2,1-2H3/t11-,13+/m0/s1. The molecule has 0 aromatic heterocycles. The minimum atomic E-state index is -0.194. The highest BCUT2D eigenvalue weighted by Gasteiger charge is 2.28. The van der Waals surface area contributed by atoms with E-state index in [1.54, 1.807) is 7.11 Å². The first kappa shape index (κ1) is 12.9. The van der Waals surface area contributed by atoms with Gasteiger partial charge in [0.1, 0.15) is 11.8 Å². The van der Waals surface area contributed by atoms with Crippen molar-refractivity contribution in [1.29, 1.82) is 0 Å². The summed E-state index contributed by atoms with van der Waals surface area (Å²) < 4.78 is 10.0. The monoisotopic (exact) mass is 249 g/mol. The second-order valence-electron chi connectivity index (χ2n) is 4.53. The Labute approximate surface area is 107 Å². The minimum Gasteiger partial charge on any atom is -0.497 e. The molecule has 2 rings (SSSR count). The minimum absolute atomic E-state index is 0.178. The van der Waals surface area contributed by atoms with Crippen molar-refractivity contribution in [3.05, 3.63) is 29.8 Å². The normalized spacial score (nSPS) is 23.4. The number of carbonyl (C=O) groups excluding carboxylic acids is 1. The molecular formula is C14H19NO3. The first-order valence-electron chi connectivity index (χ1n) is 6.19. The van der Waals surface area contributed by atoms with Gasteiger partial charge in [-0.3, -0.25) is 4.79 Å². The highest BCUT2D eigenvalue weighted by atomic mass is 16.5. The first-order chi connectivity index (χ1) is 8.74. The van der Waals surface area contributed by atoms with E-state index in [9.17, 15) is 4.79 Å². The number of esters is 1. The number of benzene rings is 1. The highest BCUT2D eigenvalue weighted by Crippen LogP contribution is 2.30. The summed E-state index contributed by atoms with van der Waals surface area (Å²) in [5.41, 5.74) is 1.23. The van der Waals surface area contributed by atoms with Crippen LogP contribution in [0.5, 0.6) is 5.75 Å². The molecule has 2 atom stereocenters. The Balaban J connectivity index is 2.10. The summed E-state index contributed by atoms with van der Waals surface area (Å²) in [5.74, 6) is 1.06. The van der Waals surface area contributed by atoms with E-state index in [-0.39, 0.29) is 12.0 Å². The Morgan fingerprint density at radius 1 is 1.39 bits per heavy atom. The van der Waals surface area contributed by atoms with Crippen molar-refractivity contribution in [2.75, 3.05) is 20.8 Å². The van der Waals surface area contributed by atoms with Crippen molar-refractivity contribution < 1.29 is 14.3 Å². The van der Waals surface area contributed by atoms with Crippen LogP contribution in [0.25, 0.3) is 0 Å². The molecule has 1 N–H and O–H groups in total. The van der Waals surface area contributed by atoms with Crippen LogP contribution in [-0.2, 0) is 9.53 Å². The average molecular weight is 249 g/mol. The predicted molar refractivity (Wildman–Crippen MR) is 68.8 cm³/mol. The molecule has 1 saturated heterocycles. The van der Waals surface area contributed by atoms with Crippen molar-refractivity contribution >= 4 is 5.97 Å². The van der Waals surface area contributed by atoms with Gasteiger partial charge in [0.2, 0.25) is 0 Å². The summed E-state index contributed by atoms with van der Waals surface area (Å²) in [6, 6.07) is 7.86. The third-order valence-corrected chi connectivity index (χ3v) is 3.45. The molecule has 0 spiro atoms. The molecule has 4 nitrogen and oxygen atoms in total. The quantitative estimate of drug-likeness (QED) is 0.828. The fraction of sp³-hybridized carbons (Fsp3) is 0.500.